The SMILES string of the molecule is CC(=O)N1CCN=C1N1C[CH]CCC1. The lowest BCUT2D eigenvalue weighted by molar-refractivity contribution is -0.125. The molecular formula is C10H16N3O. The van der Waals surface area contributed by atoms with Crippen LogP contribution in [-0.2, 0) is 4.79 Å². The molecule has 1 amide bonds. The summed E-state index contributed by atoms with van der Waals surface area (Å²) < 4.78 is 0. The molecular weight excluding hydrogens is 178 g/mol. The number of carbonyl (C=O) groups excluding carboxylic acids is 1. The molecule has 1 saturated heterocycles. The molecule has 0 aromatic heterocycles. The largest absolute Gasteiger partial charge is 0.342 e. The predicted molar refractivity (Wildman–Crippen MR) is 54.8 cm³/mol. The molecule has 0 aromatic rings. The van der Waals surface area contributed by atoms with Crippen molar-refractivity contribution in [3.63, 3.8) is 0 Å². The van der Waals surface area contributed by atoms with Gasteiger partial charge in [0.25, 0.3) is 0 Å². The van der Waals surface area contributed by atoms with Gasteiger partial charge in [-0.1, -0.05) is 0 Å². The molecule has 0 bridgehead atoms. The molecule has 2 aliphatic rings. The van der Waals surface area contributed by atoms with Crippen molar-refractivity contribution in [2.24, 2.45) is 4.99 Å². The van der Waals surface area contributed by atoms with Gasteiger partial charge in [0.15, 0.2) is 0 Å². The molecule has 77 valence electrons. The first kappa shape index (κ1) is 9.49. The first-order chi connectivity index (χ1) is 6.79. The number of amides is 1. The topological polar surface area (TPSA) is 35.9 Å². The molecule has 0 atom stereocenters. The van der Waals surface area contributed by atoms with E-state index in [0.29, 0.717) is 0 Å². The van der Waals surface area contributed by atoms with Crippen LogP contribution in [0.1, 0.15) is 19.8 Å². The minimum Gasteiger partial charge on any atom is -0.342 e. The van der Waals surface area contributed by atoms with Crippen molar-refractivity contribution in [1.29, 1.82) is 0 Å². The third-order valence-electron chi connectivity index (χ3n) is 2.67. The van der Waals surface area contributed by atoms with Gasteiger partial charge in [-0.2, -0.15) is 0 Å². The highest BCUT2D eigenvalue weighted by Crippen LogP contribution is 2.13. The average molecular weight is 194 g/mol. The fraction of sp³-hybridized carbons (Fsp3) is 0.700. The van der Waals surface area contributed by atoms with Gasteiger partial charge in [-0.15, -0.1) is 0 Å². The van der Waals surface area contributed by atoms with E-state index >= 15 is 0 Å². The molecule has 4 nitrogen and oxygen atoms in total. The van der Waals surface area contributed by atoms with Crippen molar-refractivity contribution in [1.82, 2.24) is 9.80 Å². The van der Waals surface area contributed by atoms with Crippen LogP contribution in [0.15, 0.2) is 4.99 Å². The maximum atomic E-state index is 11.3. The minimum atomic E-state index is 0.104. The second-order valence-corrected chi connectivity index (χ2v) is 3.73. The zero-order chi connectivity index (χ0) is 9.97. The molecule has 0 unspecified atom stereocenters. The van der Waals surface area contributed by atoms with E-state index in [1.54, 1.807) is 11.8 Å². The molecule has 0 aliphatic carbocycles. The van der Waals surface area contributed by atoms with Crippen LogP contribution < -0.4 is 0 Å². The van der Waals surface area contributed by atoms with Gasteiger partial charge < -0.3 is 4.90 Å². The lowest BCUT2D eigenvalue weighted by atomic mass is 10.1. The van der Waals surface area contributed by atoms with E-state index in [1.165, 1.54) is 12.8 Å². The van der Waals surface area contributed by atoms with Crippen LogP contribution >= 0.6 is 0 Å². The summed E-state index contributed by atoms with van der Waals surface area (Å²) in [6.45, 7) is 5.07. The highest BCUT2D eigenvalue weighted by atomic mass is 16.2. The van der Waals surface area contributed by atoms with E-state index in [2.05, 4.69) is 16.3 Å². The van der Waals surface area contributed by atoms with Gasteiger partial charge in [-0.25, -0.2) is 0 Å². The van der Waals surface area contributed by atoms with Gasteiger partial charge in [-0.3, -0.25) is 14.7 Å². The third kappa shape index (κ3) is 1.74. The van der Waals surface area contributed by atoms with Gasteiger partial charge in [-0.05, 0) is 19.3 Å². The number of likely N-dealkylation sites (tertiary alicyclic amines) is 1. The molecule has 0 aromatic carbocycles. The average Bonchev–Trinajstić information content (AvgIpc) is 2.67. The van der Waals surface area contributed by atoms with Crippen LogP contribution in [0.2, 0.25) is 0 Å². The number of hydrogen-bond donors (Lipinski definition) is 0. The maximum Gasteiger partial charge on any atom is 0.226 e. The van der Waals surface area contributed by atoms with Crippen LogP contribution in [0.25, 0.3) is 0 Å². The van der Waals surface area contributed by atoms with E-state index in [4.69, 9.17) is 0 Å². The highest BCUT2D eigenvalue weighted by molar-refractivity contribution is 5.97. The molecule has 0 spiro atoms. The number of piperidine rings is 1. The standard InChI is InChI=1S/C10H16N3O/c1-9(14)13-8-5-11-10(13)12-6-3-2-4-7-12/h3H,2,4-8H2,1H3. The molecule has 1 radical (unpaired) electrons. The summed E-state index contributed by atoms with van der Waals surface area (Å²) in [5, 5.41) is 0. The number of nitrogens with zero attached hydrogens (tertiary/aromatic N) is 3. The normalized spacial score (nSPS) is 22.5. The van der Waals surface area contributed by atoms with E-state index in [-0.39, 0.29) is 5.91 Å². The van der Waals surface area contributed by atoms with Crippen molar-refractivity contribution in [2.45, 2.75) is 19.8 Å². The summed E-state index contributed by atoms with van der Waals surface area (Å²) >= 11 is 0. The number of guanidine groups is 1. The summed E-state index contributed by atoms with van der Waals surface area (Å²) in [5.74, 6) is 0.986. The third-order valence-corrected chi connectivity index (χ3v) is 2.67. The summed E-state index contributed by atoms with van der Waals surface area (Å²) in [7, 11) is 0. The number of aliphatic imine (C=N–C) groups is 1. The quantitative estimate of drug-likeness (QED) is 0.563. The Hall–Kier alpha value is -1.06. The van der Waals surface area contributed by atoms with Crippen LogP contribution in [0, 0.1) is 6.42 Å². The monoisotopic (exact) mass is 194 g/mol. The number of rotatable bonds is 0. The Labute approximate surface area is 84.6 Å². The van der Waals surface area contributed by atoms with E-state index < -0.39 is 0 Å². The van der Waals surface area contributed by atoms with Crippen molar-refractivity contribution in [2.75, 3.05) is 26.2 Å². The molecule has 0 N–H and O–H groups in total. The lowest BCUT2D eigenvalue weighted by Gasteiger charge is -2.31. The van der Waals surface area contributed by atoms with Crippen molar-refractivity contribution < 1.29 is 4.79 Å². The Morgan fingerprint density at radius 1 is 1.50 bits per heavy atom. The maximum absolute atomic E-state index is 11.3. The Kier molecular flexibility index (Phi) is 2.70. The Morgan fingerprint density at radius 2 is 2.36 bits per heavy atom. The fourth-order valence-corrected chi connectivity index (χ4v) is 1.95. The molecule has 14 heavy (non-hydrogen) atoms. The molecule has 4 heteroatoms. The summed E-state index contributed by atoms with van der Waals surface area (Å²) in [6.07, 6.45) is 4.61. The van der Waals surface area contributed by atoms with Gasteiger partial charge in [0.05, 0.1) is 6.54 Å². The van der Waals surface area contributed by atoms with Crippen molar-refractivity contribution in [3.05, 3.63) is 6.42 Å². The Balaban J connectivity index is 2.04. The van der Waals surface area contributed by atoms with Crippen molar-refractivity contribution >= 4 is 11.9 Å². The number of carbonyl (C=O) groups is 1. The summed E-state index contributed by atoms with van der Waals surface area (Å²) in [6, 6.07) is 0. The van der Waals surface area contributed by atoms with Gasteiger partial charge in [0.1, 0.15) is 0 Å². The smallest absolute Gasteiger partial charge is 0.226 e. The van der Waals surface area contributed by atoms with Crippen LogP contribution in [0.5, 0.6) is 0 Å². The second-order valence-electron chi connectivity index (χ2n) is 3.73. The predicted octanol–water partition coefficient (Wildman–Crippen LogP) is 0.505. The highest BCUT2D eigenvalue weighted by Gasteiger charge is 2.26. The zero-order valence-electron chi connectivity index (χ0n) is 8.57. The van der Waals surface area contributed by atoms with Gasteiger partial charge in [0.2, 0.25) is 11.9 Å². The van der Waals surface area contributed by atoms with Crippen LogP contribution in [0.3, 0.4) is 0 Å². The summed E-state index contributed by atoms with van der Waals surface area (Å²) in [5.41, 5.74) is 0. The molecule has 2 rings (SSSR count). The van der Waals surface area contributed by atoms with Crippen LogP contribution in [0.4, 0.5) is 0 Å². The van der Waals surface area contributed by atoms with Crippen LogP contribution in [-0.4, -0.2) is 47.8 Å². The van der Waals surface area contributed by atoms with Gasteiger partial charge in [0, 0.05) is 26.6 Å². The van der Waals surface area contributed by atoms with Gasteiger partial charge >= 0.3 is 0 Å². The lowest BCUT2D eigenvalue weighted by Crippen LogP contribution is -2.46. The second kappa shape index (κ2) is 3.98. The van der Waals surface area contributed by atoms with E-state index in [9.17, 15) is 4.79 Å². The Bertz CT molecular complexity index is 256. The Morgan fingerprint density at radius 3 is 3.00 bits per heavy atom. The first-order valence-corrected chi connectivity index (χ1v) is 5.18. The van der Waals surface area contributed by atoms with E-state index in [0.717, 1.165) is 32.1 Å². The minimum absolute atomic E-state index is 0.104. The summed E-state index contributed by atoms with van der Waals surface area (Å²) in [4.78, 5) is 19.7. The molecule has 2 heterocycles. The molecule has 2 aliphatic heterocycles. The molecule has 1 fully saturated rings. The zero-order valence-corrected chi connectivity index (χ0v) is 8.57. The first-order valence-electron chi connectivity index (χ1n) is 5.18. The molecule has 0 saturated carbocycles. The number of hydrogen-bond acceptors (Lipinski definition) is 3. The van der Waals surface area contributed by atoms with E-state index in [1.807, 2.05) is 0 Å². The van der Waals surface area contributed by atoms with Crippen molar-refractivity contribution in [3.8, 4) is 0 Å². The fourth-order valence-electron chi connectivity index (χ4n) is 1.95.